The van der Waals surface area contributed by atoms with Gasteiger partial charge in [-0.3, -0.25) is 4.79 Å². The first-order valence-corrected chi connectivity index (χ1v) is 7.10. The van der Waals surface area contributed by atoms with E-state index in [4.69, 9.17) is 9.47 Å². The molecule has 5 heteroatoms. The van der Waals surface area contributed by atoms with E-state index in [9.17, 15) is 9.18 Å². The zero-order valence-corrected chi connectivity index (χ0v) is 12.6. The number of hydrogen-bond donors (Lipinski definition) is 1. The molecule has 22 heavy (non-hydrogen) atoms. The Morgan fingerprint density at radius 2 is 1.73 bits per heavy atom. The normalized spacial score (nSPS) is 10.1. The maximum absolute atomic E-state index is 12.9. The molecule has 0 unspecified atom stereocenters. The number of ether oxygens (including phenoxy) is 2. The summed E-state index contributed by atoms with van der Waals surface area (Å²) in [6, 6.07) is 10.6. The lowest BCUT2D eigenvalue weighted by Crippen LogP contribution is -2.13. The van der Waals surface area contributed by atoms with Gasteiger partial charge in [-0.05, 0) is 50.2 Å². The number of halogens is 1. The number of hydrogen-bond acceptors (Lipinski definition) is 3. The zero-order valence-electron chi connectivity index (χ0n) is 12.6. The molecule has 0 aliphatic rings. The van der Waals surface area contributed by atoms with Crippen LogP contribution in [-0.4, -0.2) is 19.1 Å². The monoisotopic (exact) mass is 303 g/mol. The van der Waals surface area contributed by atoms with Crippen LogP contribution in [0.3, 0.4) is 0 Å². The van der Waals surface area contributed by atoms with Crippen molar-refractivity contribution in [2.45, 2.75) is 13.8 Å². The van der Waals surface area contributed by atoms with Crippen LogP contribution in [0.2, 0.25) is 0 Å². The van der Waals surface area contributed by atoms with Crippen LogP contribution in [0.25, 0.3) is 0 Å². The topological polar surface area (TPSA) is 47.6 Å². The van der Waals surface area contributed by atoms with Crippen LogP contribution in [0.5, 0.6) is 11.5 Å². The zero-order chi connectivity index (χ0) is 15.9. The van der Waals surface area contributed by atoms with Gasteiger partial charge in [-0.1, -0.05) is 0 Å². The van der Waals surface area contributed by atoms with Gasteiger partial charge in [-0.15, -0.1) is 0 Å². The Balaban J connectivity index is 2.23. The van der Waals surface area contributed by atoms with Crippen molar-refractivity contribution < 1.29 is 18.7 Å². The van der Waals surface area contributed by atoms with Gasteiger partial charge in [0.25, 0.3) is 5.91 Å². The highest BCUT2D eigenvalue weighted by molar-refractivity contribution is 6.05. The molecule has 0 aliphatic carbocycles. The maximum Gasteiger partial charge on any atom is 0.255 e. The van der Waals surface area contributed by atoms with E-state index in [-0.39, 0.29) is 11.7 Å². The van der Waals surface area contributed by atoms with E-state index in [1.54, 1.807) is 18.2 Å². The Bertz CT molecular complexity index is 641. The molecule has 2 aromatic carbocycles. The van der Waals surface area contributed by atoms with E-state index in [1.807, 2.05) is 13.8 Å². The first kappa shape index (κ1) is 15.8. The molecule has 0 aromatic heterocycles. The van der Waals surface area contributed by atoms with Crippen LogP contribution >= 0.6 is 0 Å². The van der Waals surface area contributed by atoms with Crippen LogP contribution in [0.4, 0.5) is 10.1 Å². The molecule has 1 amide bonds. The fourth-order valence-corrected chi connectivity index (χ4v) is 1.94. The van der Waals surface area contributed by atoms with Crippen molar-refractivity contribution in [3.8, 4) is 11.5 Å². The molecule has 0 heterocycles. The average Bonchev–Trinajstić information content (AvgIpc) is 2.51. The molecule has 4 nitrogen and oxygen atoms in total. The second kappa shape index (κ2) is 7.45. The summed E-state index contributed by atoms with van der Waals surface area (Å²) < 4.78 is 23.8. The van der Waals surface area contributed by atoms with Crippen molar-refractivity contribution in [3.05, 3.63) is 53.8 Å². The Labute approximate surface area is 128 Å². The van der Waals surface area contributed by atoms with E-state index in [0.29, 0.717) is 36.0 Å². The average molecular weight is 303 g/mol. The molecule has 0 atom stereocenters. The first-order valence-electron chi connectivity index (χ1n) is 7.10. The van der Waals surface area contributed by atoms with Crippen LogP contribution < -0.4 is 14.8 Å². The Hall–Kier alpha value is -2.56. The number of anilines is 1. The number of benzene rings is 2. The smallest absolute Gasteiger partial charge is 0.255 e. The van der Waals surface area contributed by atoms with Gasteiger partial charge in [0.2, 0.25) is 0 Å². The van der Waals surface area contributed by atoms with Crippen molar-refractivity contribution in [1.82, 2.24) is 0 Å². The van der Waals surface area contributed by atoms with Gasteiger partial charge in [0.05, 0.1) is 18.9 Å². The predicted molar refractivity (Wildman–Crippen MR) is 83.1 cm³/mol. The largest absolute Gasteiger partial charge is 0.494 e. The van der Waals surface area contributed by atoms with Gasteiger partial charge in [0.1, 0.15) is 17.3 Å². The highest BCUT2D eigenvalue weighted by Crippen LogP contribution is 2.29. The Morgan fingerprint density at radius 1 is 1.05 bits per heavy atom. The standard InChI is InChI=1S/C17H18FNO3/c1-3-21-14-9-10-16(22-4-2)15(11-14)19-17(20)12-5-7-13(18)8-6-12/h5-11H,3-4H2,1-2H3,(H,19,20). The third-order valence-corrected chi connectivity index (χ3v) is 2.92. The molecule has 116 valence electrons. The van der Waals surface area contributed by atoms with Gasteiger partial charge in [-0.2, -0.15) is 0 Å². The van der Waals surface area contributed by atoms with Crippen molar-refractivity contribution in [3.63, 3.8) is 0 Å². The van der Waals surface area contributed by atoms with Crippen molar-refractivity contribution in [2.75, 3.05) is 18.5 Å². The molecular formula is C17H18FNO3. The summed E-state index contributed by atoms with van der Waals surface area (Å²) in [6.45, 7) is 4.75. The summed E-state index contributed by atoms with van der Waals surface area (Å²) in [7, 11) is 0. The summed E-state index contributed by atoms with van der Waals surface area (Å²) >= 11 is 0. The van der Waals surface area contributed by atoms with E-state index >= 15 is 0 Å². The molecule has 0 saturated heterocycles. The minimum Gasteiger partial charge on any atom is -0.494 e. The fraction of sp³-hybridized carbons (Fsp3) is 0.235. The SMILES string of the molecule is CCOc1ccc(OCC)c(NC(=O)c2ccc(F)cc2)c1. The van der Waals surface area contributed by atoms with Crippen LogP contribution in [0.15, 0.2) is 42.5 Å². The highest BCUT2D eigenvalue weighted by Gasteiger charge is 2.11. The van der Waals surface area contributed by atoms with Crippen molar-refractivity contribution in [2.24, 2.45) is 0 Å². The van der Waals surface area contributed by atoms with E-state index < -0.39 is 0 Å². The molecule has 0 aliphatic heterocycles. The van der Waals surface area contributed by atoms with E-state index in [0.717, 1.165) is 0 Å². The summed E-state index contributed by atoms with van der Waals surface area (Å²) in [4.78, 5) is 12.2. The van der Waals surface area contributed by atoms with Crippen LogP contribution in [0.1, 0.15) is 24.2 Å². The Morgan fingerprint density at radius 3 is 2.36 bits per heavy atom. The van der Waals surface area contributed by atoms with Gasteiger partial charge in [-0.25, -0.2) is 4.39 Å². The highest BCUT2D eigenvalue weighted by atomic mass is 19.1. The molecule has 0 fully saturated rings. The molecule has 0 radical (unpaired) electrons. The number of carbonyl (C=O) groups is 1. The summed E-state index contributed by atoms with van der Waals surface area (Å²) in [6.07, 6.45) is 0. The van der Waals surface area contributed by atoms with Crippen molar-refractivity contribution >= 4 is 11.6 Å². The van der Waals surface area contributed by atoms with E-state index in [1.165, 1.54) is 24.3 Å². The minimum absolute atomic E-state index is 0.338. The third-order valence-electron chi connectivity index (χ3n) is 2.92. The van der Waals surface area contributed by atoms with Crippen molar-refractivity contribution in [1.29, 1.82) is 0 Å². The van der Waals surface area contributed by atoms with Crippen LogP contribution in [-0.2, 0) is 0 Å². The number of nitrogens with one attached hydrogen (secondary N) is 1. The maximum atomic E-state index is 12.9. The number of amides is 1. The molecule has 2 rings (SSSR count). The second-order valence-corrected chi connectivity index (χ2v) is 4.49. The number of rotatable bonds is 6. The van der Waals surface area contributed by atoms with E-state index in [2.05, 4.69) is 5.32 Å². The molecule has 0 saturated carbocycles. The van der Waals surface area contributed by atoms with Crippen LogP contribution in [0, 0.1) is 5.82 Å². The summed E-state index contributed by atoms with van der Waals surface area (Å²) in [5.74, 6) is 0.473. The Kier molecular flexibility index (Phi) is 5.36. The molecule has 0 bridgehead atoms. The van der Waals surface area contributed by atoms with Gasteiger partial charge >= 0.3 is 0 Å². The lowest BCUT2D eigenvalue weighted by Gasteiger charge is -2.13. The second-order valence-electron chi connectivity index (χ2n) is 4.49. The predicted octanol–water partition coefficient (Wildman–Crippen LogP) is 3.88. The van der Waals surface area contributed by atoms with Gasteiger partial charge < -0.3 is 14.8 Å². The molecule has 0 spiro atoms. The first-order chi connectivity index (χ1) is 10.6. The van der Waals surface area contributed by atoms with Gasteiger partial charge in [0.15, 0.2) is 0 Å². The summed E-state index contributed by atoms with van der Waals surface area (Å²) in [5, 5.41) is 2.76. The minimum atomic E-state index is -0.384. The number of carbonyl (C=O) groups excluding carboxylic acids is 1. The lowest BCUT2D eigenvalue weighted by molar-refractivity contribution is 0.102. The summed E-state index contributed by atoms with van der Waals surface area (Å²) in [5.41, 5.74) is 0.882. The molecule has 1 N–H and O–H groups in total. The third kappa shape index (κ3) is 3.97. The fourth-order valence-electron chi connectivity index (χ4n) is 1.94. The molecular weight excluding hydrogens is 285 g/mol. The molecule has 2 aromatic rings. The lowest BCUT2D eigenvalue weighted by atomic mass is 10.2. The van der Waals surface area contributed by atoms with Gasteiger partial charge in [0, 0.05) is 11.6 Å². The quantitative estimate of drug-likeness (QED) is 0.881.